The molecule has 0 bridgehead atoms. The van der Waals surface area contributed by atoms with Gasteiger partial charge in [0.15, 0.2) is 0 Å². The zero-order valence-corrected chi connectivity index (χ0v) is 12.8. The van der Waals surface area contributed by atoms with Gasteiger partial charge in [0.05, 0.1) is 26.4 Å². The maximum Gasteiger partial charge on any atom is 0.0591 e. The van der Waals surface area contributed by atoms with E-state index in [4.69, 9.17) is 9.47 Å². The largest absolute Gasteiger partial charge is 0.380 e. The Morgan fingerprint density at radius 2 is 1.06 bits per heavy atom. The average molecular weight is 294 g/mol. The summed E-state index contributed by atoms with van der Waals surface area (Å²) in [6.07, 6.45) is 0. The molecule has 0 aromatic carbocycles. The summed E-state index contributed by atoms with van der Waals surface area (Å²) in [5, 5.41) is 6.76. The number of rotatable bonds is 0. The number of thioether (sulfide) groups is 2. The van der Waals surface area contributed by atoms with Crippen molar-refractivity contribution < 1.29 is 9.47 Å². The van der Waals surface area contributed by atoms with Crippen molar-refractivity contribution >= 4 is 23.5 Å². The normalized spacial score (nSPS) is 24.0. The first kappa shape index (κ1) is 16.6. The SMILES string of the molecule is C1COCCNCCSCCOCCSCCN1. The first-order valence-corrected chi connectivity index (χ1v) is 9.03. The van der Waals surface area contributed by atoms with Gasteiger partial charge in [-0.05, 0) is 0 Å². The van der Waals surface area contributed by atoms with Gasteiger partial charge in [-0.25, -0.2) is 0 Å². The minimum absolute atomic E-state index is 0.810. The number of nitrogens with one attached hydrogen (secondary N) is 2. The third-order valence-electron chi connectivity index (χ3n) is 2.44. The maximum absolute atomic E-state index is 5.58. The summed E-state index contributed by atoms with van der Waals surface area (Å²) in [6.45, 7) is 7.40. The Kier molecular flexibility index (Phi) is 12.9. The van der Waals surface area contributed by atoms with Gasteiger partial charge in [-0.2, -0.15) is 23.5 Å². The van der Waals surface area contributed by atoms with Crippen molar-refractivity contribution in [2.75, 3.05) is 75.6 Å². The summed E-state index contributed by atoms with van der Waals surface area (Å²) >= 11 is 3.90. The van der Waals surface area contributed by atoms with Gasteiger partial charge in [0.25, 0.3) is 0 Å². The zero-order chi connectivity index (χ0) is 12.7. The predicted octanol–water partition coefficient (Wildman–Crippen LogP) is 0.679. The summed E-state index contributed by atoms with van der Waals surface area (Å²) in [5.74, 6) is 4.51. The molecule has 0 saturated carbocycles. The van der Waals surface area contributed by atoms with Crippen LogP contribution >= 0.6 is 23.5 Å². The molecule has 0 aromatic rings. The highest BCUT2D eigenvalue weighted by Gasteiger charge is 1.95. The molecule has 1 fully saturated rings. The molecule has 0 aromatic heterocycles. The molecule has 6 heteroatoms. The smallest absolute Gasteiger partial charge is 0.0591 e. The first-order valence-electron chi connectivity index (χ1n) is 6.72. The van der Waals surface area contributed by atoms with E-state index in [9.17, 15) is 0 Å². The van der Waals surface area contributed by atoms with Crippen LogP contribution in [0.1, 0.15) is 0 Å². The fourth-order valence-corrected chi connectivity index (χ4v) is 2.93. The van der Waals surface area contributed by atoms with E-state index < -0.39 is 0 Å². The van der Waals surface area contributed by atoms with E-state index in [1.54, 1.807) is 0 Å². The van der Waals surface area contributed by atoms with Crippen molar-refractivity contribution in [3.05, 3.63) is 0 Å². The summed E-state index contributed by atoms with van der Waals surface area (Å²) in [5.41, 5.74) is 0. The van der Waals surface area contributed by atoms with E-state index >= 15 is 0 Å². The van der Waals surface area contributed by atoms with Crippen LogP contribution < -0.4 is 10.6 Å². The van der Waals surface area contributed by atoms with Crippen molar-refractivity contribution in [1.82, 2.24) is 10.6 Å². The van der Waals surface area contributed by atoms with E-state index in [1.807, 2.05) is 23.5 Å². The number of hydrogen-bond donors (Lipinski definition) is 2. The first-order chi connectivity index (χ1) is 9.00. The third-order valence-corrected chi connectivity index (χ3v) is 4.33. The van der Waals surface area contributed by atoms with Crippen LogP contribution in [0.5, 0.6) is 0 Å². The standard InChI is InChI=1S/C12H26N2O2S2/c1-5-15-6-2-14-4-10-18-12-8-16-7-11-17-9-3-13-1/h13-14H,1-12H2. The van der Waals surface area contributed by atoms with Gasteiger partial charge in [-0.1, -0.05) is 0 Å². The Balaban J connectivity index is 2.00. The molecule has 0 spiro atoms. The average Bonchev–Trinajstić information content (AvgIpc) is 2.39. The van der Waals surface area contributed by atoms with Crippen molar-refractivity contribution in [2.24, 2.45) is 0 Å². The van der Waals surface area contributed by atoms with Gasteiger partial charge in [0.2, 0.25) is 0 Å². The molecule has 0 unspecified atom stereocenters. The Morgan fingerprint density at radius 3 is 1.61 bits per heavy atom. The van der Waals surface area contributed by atoms with Crippen molar-refractivity contribution in [3.63, 3.8) is 0 Å². The molecule has 0 atom stereocenters. The van der Waals surface area contributed by atoms with Gasteiger partial charge in [-0.15, -0.1) is 0 Å². The molecule has 18 heavy (non-hydrogen) atoms. The van der Waals surface area contributed by atoms with Crippen molar-refractivity contribution in [3.8, 4) is 0 Å². The van der Waals surface area contributed by atoms with Crippen molar-refractivity contribution in [2.45, 2.75) is 0 Å². The van der Waals surface area contributed by atoms with Crippen LogP contribution in [0.15, 0.2) is 0 Å². The molecular weight excluding hydrogens is 268 g/mol. The number of ether oxygens (including phenoxy) is 2. The lowest BCUT2D eigenvalue weighted by molar-refractivity contribution is 0.138. The van der Waals surface area contributed by atoms with Gasteiger partial charge in [0, 0.05) is 49.2 Å². The lowest BCUT2D eigenvalue weighted by Gasteiger charge is -2.09. The van der Waals surface area contributed by atoms with Crippen LogP contribution in [0.3, 0.4) is 0 Å². The Labute approximate surface area is 119 Å². The van der Waals surface area contributed by atoms with Crippen LogP contribution in [0.2, 0.25) is 0 Å². The van der Waals surface area contributed by atoms with Crippen molar-refractivity contribution in [1.29, 1.82) is 0 Å². The molecule has 4 nitrogen and oxygen atoms in total. The predicted molar refractivity (Wildman–Crippen MR) is 82.0 cm³/mol. The van der Waals surface area contributed by atoms with Crippen LogP contribution in [-0.2, 0) is 9.47 Å². The lowest BCUT2D eigenvalue weighted by atomic mass is 10.6. The minimum atomic E-state index is 0.810. The zero-order valence-electron chi connectivity index (χ0n) is 11.1. The second kappa shape index (κ2) is 14.0. The van der Waals surface area contributed by atoms with Crippen LogP contribution in [0.25, 0.3) is 0 Å². The summed E-state index contributed by atoms with van der Waals surface area (Å²) in [7, 11) is 0. The topological polar surface area (TPSA) is 42.5 Å². The molecule has 1 rings (SSSR count). The molecule has 1 heterocycles. The molecule has 0 aliphatic carbocycles. The molecule has 0 amide bonds. The summed E-state index contributed by atoms with van der Waals surface area (Å²) in [6, 6.07) is 0. The Bertz CT molecular complexity index is 101. The third kappa shape index (κ3) is 11.6. The molecule has 1 saturated heterocycles. The maximum atomic E-state index is 5.58. The fraction of sp³-hybridized carbons (Fsp3) is 1.00. The van der Waals surface area contributed by atoms with E-state index in [-0.39, 0.29) is 0 Å². The highest BCUT2D eigenvalue weighted by Crippen LogP contribution is 2.00. The van der Waals surface area contributed by atoms with E-state index in [0.717, 1.165) is 75.6 Å². The highest BCUT2D eigenvalue weighted by atomic mass is 32.2. The van der Waals surface area contributed by atoms with E-state index in [2.05, 4.69) is 10.6 Å². The number of hydrogen-bond acceptors (Lipinski definition) is 6. The molecule has 2 N–H and O–H groups in total. The summed E-state index contributed by atoms with van der Waals surface area (Å²) < 4.78 is 11.1. The van der Waals surface area contributed by atoms with Crippen LogP contribution in [-0.4, -0.2) is 75.6 Å². The molecule has 108 valence electrons. The molecule has 0 radical (unpaired) electrons. The monoisotopic (exact) mass is 294 g/mol. The Morgan fingerprint density at radius 1 is 0.556 bits per heavy atom. The minimum Gasteiger partial charge on any atom is -0.380 e. The van der Waals surface area contributed by atoms with Crippen LogP contribution in [0.4, 0.5) is 0 Å². The van der Waals surface area contributed by atoms with Crippen LogP contribution in [0, 0.1) is 0 Å². The Hall–Kier alpha value is 0.540. The lowest BCUT2D eigenvalue weighted by Crippen LogP contribution is -2.26. The van der Waals surface area contributed by atoms with E-state index in [1.165, 1.54) is 0 Å². The van der Waals surface area contributed by atoms with Gasteiger partial charge in [-0.3, -0.25) is 0 Å². The van der Waals surface area contributed by atoms with Gasteiger partial charge >= 0.3 is 0 Å². The molecular formula is C12H26N2O2S2. The van der Waals surface area contributed by atoms with Gasteiger partial charge < -0.3 is 20.1 Å². The molecule has 1 aliphatic rings. The van der Waals surface area contributed by atoms with E-state index in [0.29, 0.717) is 0 Å². The second-order valence-corrected chi connectivity index (χ2v) is 6.40. The van der Waals surface area contributed by atoms with Gasteiger partial charge in [0.1, 0.15) is 0 Å². The fourth-order valence-electron chi connectivity index (χ4n) is 1.47. The summed E-state index contributed by atoms with van der Waals surface area (Å²) in [4.78, 5) is 0. The molecule has 1 aliphatic heterocycles. The highest BCUT2D eigenvalue weighted by molar-refractivity contribution is 7.99. The second-order valence-electron chi connectivity index (χ2n) is 3.95. The quantitative estimate of drug-likeness (QED) is 0.685.